The van der Waals surface area contributed by atoms with Crippen molar-refractivity contribution in [3.8, 4) is 17.7 Å². The minimum absolute atomic E-state index is 0.168. The van der Waals surface area contributed by atoms with Crippen LogP contribution in [0.2, 0.25) is 5.15 Å². The fourth-order valence-corrected chi connectivity index (χ4v) is 1.96. The molecule has 2 rings (SSSR count). The van der Waals surface area contributed by atoms with Crippen LogP contribution >= 0.6 is 23.2 Å². The fraction of sp³-hybridized carbons (Fsp3) is 0.154. The predicted octanol–water partition coefficient (Wildman–Crippen LogP) is 3.73. The van der Waals surface area contributed by atoms with Crippen LogP contribution in [0.4, 0.5) is 0 Å². The second-order valence-corrected chi connectivity index (χ2v) is 4.29. The largest absolute Gasteiger partial charge is 0.439 e. The summed E-state index contributed by atoms with van der Waals surface area (Å²) in [4.78, 5) is 7.85. The number of nitriles is 1. The maximum absolute atomic E-state index is 8.60. The van der Waals surface area contributed by atoms with Crippen molar-refractivity contribution in [3.63, 3.8) is 0 Å². The Labute approximate surface area is 120 Å². The number of ether oxygens (including phenoxy) is 1. The number of rotatable bonds is 4. The molecule has 0 fully saturated rings. The number of benzene rings is 1. The van der Waals surface area contributed by atoms with Crippen LogP contribution in [0, 0.1) is 11.3 Å². The van der Waals surface area contributed by atoms with Crippen molar-refractivity contribution in [1.29, 1.82) is 5.26 Å². The van der Waals surface area contributed by atoms with E-state index in [0.717, 1.165) is 5.56 Å². The first-order valence-corrected chi connectivity index (χ1v) is 6.35. The van der Waals surface area contributed by atoms with Crippen LogP contribution in [0.15, 0.2) is 30.6 Å². The Morgan fingerprint density at radius 3 is 2.58 bits per heavy atom. The Morgan fingerprint density at radius 1 is 1.21 bits per heavy atom. The first-order valence-electron chi connectivity index (χ1n) is 5.43. The number of halogens is 2. The van der Waals surface area contributed by atoms with Gasteiger partial charge in [-0.05, 0) is 17.7 Å². The van der Waals surface area contributed by atoms with Gasteiger partial charge >= 0.3 is 0 Å². The summed E-state index contributed by atoms with van der Waals surface area (Å²) in [6, 6.07) is 9.25. The average molecular weight is 294 g/mol. The molecule has 2 aromatic rings. The summed E-state index contributed by atoms with van der Waals surface area (Å²) >= 11 is 11.7. The molecule has 0 spiro atoms. The van der Waals surface area contributed by atoms with E-state index in [-0.39, 0.29) is 11.0 Å². The Morgan fingerprint density at radius 2 is 1.95 bits per heavy atom. The molecule has 4 nitrogen and oxygen atoms in total. The number of nitrogens with zero attached hydrogens (tertiary/aromatic N) is 3. The van der Waals surface area contributed by atoms with Gasteiger partial charge in [-0.1, -0.05) is 23.7 Å². The van der Waals surface area contributed by atoms with Crippen molar-refractivity contribution in [2.75, 3.05) is 0 Å². The van der Waals surface area contributed by atoms with Crippen molar-refractivity contribution in [2.45, 2.75) is 12.3 Å². The highest BCUT2D eigenvalue weighted by molar-refractivity contribution is 6.31. The lowest BCUT2D eigenvalue weighted by Gasteiger charge is -2.09. The van der Waals surface area contributed by atoms with E-state index in [0.29, 0.717) is 23.6 Å². The van der Waals surface area contributed by atoms with Gasteiger partial charge < -0.3 is 4.74 Å². The van der Waals surface area contributed by atoms with Crippen LogP contribution < -0.4 is 4.74 Å². The molecule has 0 aliphatic rings. The Kier molecular flexibility index (Phi) is 4.56. The van der Waals surface area contributed by atoms with Gasteiger partial charge in [0.15, 0.2) is 0 Å². The monoisotopic (exact) mass is 293 g/mol. The van der Waals surface area contributed by atoms with Gasteiger partial charge in [-0.15, -0.1) is 11.6 Å². The molecule has 0 saturated heterocycles. The van der Waals surface area contributed by atoms with Crippen LogP contribution in [-0.4, -0.2) is 9.97 Å². The third kappa shape index (κ3) is 3.34. The second kappa shape index (κ2) is 6.37. The minimum Gasteiger partial charge on any atom is -0.439 e. The molecule has 0 radical (unpaired) electrons. The van der Waals surface area contributed by atoms with Crippen molar-refractivity contribution in [3.05, 3.63) is 46.9 Å². The topological polar surface area (TPSA) is 58.8 Å². The smallest absolute Gasteiger partial charge is 0.228 e. The summed E-state index contributed by atoms with van der Waals surface area (Å²) < 4.78 is 5.61. The van der Waals surface area contributed by atoms with Gasteiger partial charge in [0, 0.05) is 0 Å². The van der Waals surface area contributed by atoms with Gasteiger partial charge in [0.25, 0.3) is 0 Å². The average Bonchev–Trinajstić information content (AvgIpc) is 2.42. The van der Waals surface area contributed by atoms with Crippen LogP contribution in [0.3, 0.4) is 0 Å². The van der Waals surface area contributed by atoms with E-state index in [1.54, 1.807) is 12.1 Å². The van der Waals surface area contributed by atoms with Crippen LogP contribution in [-0.2, 0) is 12.3 Å². The summed E-state index contributed by atoms with van der Waals surface area (Å²) in [5.41, 5.74) is 1.47. The normalized spacial score (nSPS) is 9.95. The zero-order chi connectivity index (χ0) is 13.7. The summed E-state index contributed by atoms with van der Waals surface area (Å²) in [6.07, 6.45) is 1.68. The maximum atomic E-state index is 8.60. The van der Waals surface area contributed by atoms with E-state index in [1.165, 1.54) is 6.33 Å². The van der Waals surface area contributed by atoms with E-state index >= 15 is 0 Å². The quantitative estimate of drug-likeness (QED) is 0.637. The van der Waals surface area contributed by atoms with Crippen molar-refractivity contribution in [1.82, 2.24) is 9.97 Å². The van der Waals surface area contributed by atoms with Crippen LogP contribution in [0.25, 0.3) is 0 Å². The summed E-state index contributed by atoms with van der Waals surface area (Å²) in [5, 5.41) is 8.87. The lowest BCUT2D eigenvalue weighted by Crippen LogP contribution is -1.96. The standard InChI is InChI=1S/C13H9Cl2N3O/c14-7-11-12(15)17-8-18-13(11)19-10-3-1-9(2-4-10)5-6-16/h1-4,8H,5,7H2. The highest BCUT2D eigenvalue weighted by Gasteiger charge is 2.10. The summed E-state index contributed by atoms with van der Waals surface area (Å²) in [5.74, 6) is 1.10. The van der Waals surface area contributed by atoms with E-state index in [9.17, 15) is 0 Å². The molecule has 0 N–H and O–H groups in total. The molecule has 0 amide bonds. The molecule has 96 valence electrons. The van der Waals surface area contributed by atoms with Gasteiger partial charge in [0.1, 0.15) is 17.2 Å². The molecule has 1 aromatic carbocycles. The SMILES string of the molecule is N#CCc1ccc(Oc2ncnc(Cl)c2CCl)cc1. The lowest BCUT2D eigenvalue weighted by atomic mass is 10.2. The number of aromatic nitrogens is 2. The van der Waals surface area contributed by atoms with Crippen LogP contribution in [0.1, 0.15) is 11.1 Å². The molecule has 0 unspecified atom stereocenters. The molecular formula is C13H9Cl2N3O. The van der Waals surface area contributed by atoms with Crippen molar-refractivity contribution in [2.24, 2.45) is 0 Å². The third-order valence-corrected chi connectivity index (χ3v) is 3.00. The third-order valence-electron chi connectivity index (χ3n) is 2.41. The van der Waals surface area contributed by atoms with Gasteiger partial charge in [-0.25, -0.2) is 9.97 Å². The molecule has 0 saturated carbocycles. The molecule has 0 aliphatic heterocycles. The molecule has 6 heteroatoms. The predicted molar refractivity (Wildman–Crippen MR) is 72.4 cm³/mol. The van der Waals surface area contributed by atoms with E-state index in [2.05, 4.69) is 16.0 Å². The van der Waals surface area contributed by atoms with Gasteiger partial charge in [-0.2, -0.15) is 5.26 Å². The molecule has 1 heterocycles. The lowest BCUT2D eigenvalue weighted by molar-refractivity contribution is 0.456. The van der Waals surface area contributed by atoms with Crippen molar-refractivity contribution < 1.29 is 4.74 Å². The van der Waals surface area contributed by atoms with Crippen molar-refractivity contribution >= 4 is 23.2 Å². The van der Waals surface area contributed by atoms with Gasteiger partial charge in [0.05, 0.1) is 23.9 Å². The molecule has 0 aliphatic carbocycles. The zero-order valence-electron chi connectivity index (χ0n) is 9.81. The maximum Gasteiger partial charge on any atom is 0.228 e. The van der Waals surface area contributed by atoms with Gasteiger partial charge in [0.2, 0.25) is 5.88 Å². The van der Waals surface area contributed by atoms with E-state index < -0.39 is 0 Å². The second-order valence-electron chi connectivity index (χ2n) is 3.66. The Bertz CT molecular complexity index is 608. The van der Waals surface area contributed by atoms with E-state index in [1.807, 2.05) is 12.1 Å². The highest BCUT2D eigenvalue weighted by atomic mass is 35.5. The van der Waals surface area contributed by atoms with Crippen LogP contribution in [0.5, 0.6) is 11.6 Å². The number of hydrogen-bond acceptors (Lipinski definition) is 4. The minimum atomic E-state index is 0.168. The molecule has 0 atom stereocenters. The Hall–Kier alpha value is -1.83. The number of alkyl halides is 1. The molecule has 19 heavy (non-hydrogen) atoms. The molecule has 0 bridgehead atoms. The first-order chi connectivity index (χ1) is 9.24. The molecular weight excluding hydrogens is 285 g/mol. The summed E-state index contributed by atoms with van der Waals surface area (Å²) in [7, 11) is 0. The number of hydrogen-bond donors (Lipinski definition) is 0. The fourth-order valence-electron chi connectivity index (χ4n) is 1.45. The zero-order valence-corrected chi connectivity index (χ0v) is 11.3. The van der Waals surface area contributed by atoms with E-state index in [4.69, 9.17) is 33.2 Å². The first kappa shape index (κ1) is 13.6. The summed E-state index contributed by atoms with van der Waals surface area (Å²) in [6.45, 7) is 0. The van der Waals surface area contributed by atoms with Gasteiger partial charge in [-0.3, -0.25) is 0 Å². The highest BCUT2D eigenvalue weighted by Crippen LogP contribution is 2.28. The Balaban J connectivity index is 2.22. The molecule has 1 aromatic heterocycles.